The lowest BCUT2D eigenvalue weighted by Gasteiger charge is -2.35. The smallest absolute Gasteiger partial charge is 0.219 e. The van der Waals surface area contributed by atoms with Gasteiger partial charge in [-0.1, -0.05) is 29.3 Å². The Hall–Kier alpha value is -7.53. The van der Waals surface area contributed by atoms with Gasteiger partial charge in [0.25, 0.3) is 0 Å². The van der Waals surface area contributed by atoms with Crippen molar-refractivity contribution in [3.63, 3.8) is 0 Å². The summed E-state index contributed by atoms with van der Waals surface area (Å²) in [6.07, 6.45) is 17.2. The summed E-state index contributed by atoms with van der Waals surface area (Å²) in [6.45, 7) is 11.7. The first-order chi connectivity index (χ1) is 46.1. The molecule has 10 heterocycles. The van der Waals surface area contributed by atoms with Gasteiger partial charge >= 0.3 is 0 Å². The van der Waals surface area contributed by atoms with Gasteiger partial charge in [-0.2, -0.15) is 34.1 Å². The minimum atomic E-state index is -3.16. The quantitative estimate of drug-likeness (QED) is 0.0941. The van der Waals surface area contributed by atoms with E-state index in [0.29, 0.717) is 92.8 Å². The Balaban J connectivity index is 0.000000123. The second-order valence-electron chi connectivity index (χ2n) is 24.8. The van der Waals surface area contributed by atoms with Crippen LogP contribution in [0, 0.1) is 5.82 Å². The summed E-state index contributed by atoms with van der Waals surface area (Å²) < 4.78 is 112. The third-order valence-electron chi connectivity index (χ3n) is 18.4. The van der Waals surface area contributed by atoms with E-state index in [0.717, 1.165) is 131 Å². The number of nitrogens with one attached hydrogen (secondary N) is 5. The molecular weight excluding hydrogens is 1370 g/mol. The van der Waals surface area contributed by atoms with Gasteiger partial charge in [0.1, 0.15) is 5.82 Å². The normalized spacial score (nSPS) is 17.9. The number of anilines is 3. The van der Waals surface area contributed by atoms with E-state index in [9.17, 15) is 42.9 Å². The molecule has 1 amide bonds. The molecular formula is C63H79Cl2FN18O9S4. The second kappa shape index (κ2) is 29.9. The number of amides is 1. The number of benzene rings is 5. The molecule has 34 heteroatoms. The average molecular weight is 1450 g/mol. The summed E-state index contributed by atoms with van der Waals surface area (Å²) in [5, 5.41) is 41.0. The van der Waals surface area contributed by atoms with Gasteiger partial charge < -0.3 is 19.6 Å². The number of nitrogens with zero attached hydrogens (tertiary/aromatic N) is 13. The van der Waals surface area contributed by atoms with Crippen molar-refractivity contribution in [1.29, 1.82) is 0 Å². The number of carbonyl (C=O) groups excluding carboxylic acids is 1. The Bertz CT molecular complexity index is 4750. The van der Waals surface area contributed by atoms with E-state index in [-0.39, 0.29) is 11.7 Å². The zero-order valence-corrected chi connectivity index (χ0v) is 59.1. The summed E-state index contributed by atoms with van der Waals surface area (Å²) in [4.78, 5) is 19.7. The van der Waals surface area contributed by atoms with E-state index in [2.05, 4.69) is 85.1 Å². The van der Waals surface area contributed by atoms with Gasteiger partial charge in [0.15, 0.2) is 0 Å². The highest BCUT2D eigenvalue weighted by Gasteiger charge is 2.31. The number of hydrogen-bond acceptors (Lipinski definition) is 17. The van der Waals surface area contributed by atoms with Crippen LogP contribution < -0.4 is 14.7 Å². The first kappa shape index (κ1) is 70.8. The van der Waals surface area contributed by atoms with Crippen LogP contribution in [0.3, 0.4) is 0 Å². The standard InChI is InChI=1S/2C13H16ClN3O2S.C13H16N4O.C12H15FN4O2S.C12H16N4O2S/c1-20(18,19)17-4-2-9(3-5-17)11-6-10(14)7-13-12(11)8-15-16-13;1-20(18,19)17-6-4-9(5-7-17)10-2-3-12(14)13-11(10)8-15-16-13;1-10(18)16-4-6-17(7-5-16)12-2-3-13-11(8-12)9-14-15-13;1-20(18,19)17-4-2-16(3-5-17)12-7-9(13)6-11-10(12)8-14-15-11;1-19(17,18)16-6-4-15(5-7-16)11-2-3-12-10(8-11)9-13-14-12/h6-9H,2-5H2,1H3,(H,15,16);2-3,8-9H,4-7H2,1H3,(H,15,16);2-3,8-9H,4-7H2,1H3,(H,14,15);6-8H,2-5H2,1H3,(H,14,15);2-3,8-9H,4-7H2,1H3,(H,13,14). The molecule has 27 nitrogen and oxygen atoms in total. The van der Waals surface area contributed by atoms with Gasteiger partial charge in [0, 0.05) is 155 Å². The van der Waals surface area contributed by atoms with E-state index in [4.69, 9.17) is 23.2 Å². The SMILES string of the molecule is CC(=O)N1CCN(c2ccc3[nH]ncc3c2)CC1.CS(=O)(=O)N1CCC(c2cc(Cl)cc3[nH]ncc23)CC1.CS(=O)(=O)N1CCC(c2ccc(Cl)c3[nH]ncc23)CC1.CS(=O)(=O)N1CCN(c2cc(F)cc3[nH]ncc23)CC1.CS(=O)(=O)N1CCN(c2ccc3[nH]ncc3c2)CC1. The van der Waals surface area contributed by atoms with Crippen molar-refractivity contribution >= 4 is 141 Å². The van der Waals surface area contributed by atoms with E-state index < -0.39 is 40.1 Å². The van der Waals surface area contributed by atoms with Crippen molar-refractivity contribution in [2.45, 2.75) is 44.4 Å². The van der Waals surface area contributed by atoms with Crippen molar-refractivity contribution in [2.24, 2.45) is 0 Å². The summed E-state index contributed by atoms with van der Waals surface area (Å²) in [7, 11) is -12.4. The van der Waals surface area contributed by atoms with Crippen LogP contribution in [0.15, 0.2) is 104 Å². The Morgan fingerprint density at radius 2 is 0.845 bits per heavy atom. The van der Waals surface area contributed by atoms with Crippen molar-refractivity contribution < 1.29 is 42.9 Å². The fourth-order valence-electron chi connectivity index (χ4n) is 13.1. The predicted molar refractivity (Wildman–Crippen MR) is 379 cm³/mol. The molecule has 0 unspecified atom stereocenters. The highest BCUT2D eigenvalue weighted by Crippen LogP contribution is 2.38. The number of hydrogen-bond donors (Lipinski definition) is 5. The van der Waals surface area contributed by atoms with Gasteiger partial charge in [-0.25, -0.2) is 46.7 Å². The van der Waals surface area contributed by atoms with Gasteiger partial charge in [-0.3, -0.25) is 30.3 Å². The maximum absolute atomic E-state index is 13.6. The number of fused-ring (bicyclic) bond motifs is 5. The van der Waals surface area contributed by atoms with Gasteiger partial charge in [-0.05, 0) is 115 Å². The number of carbonyl (C=O) groups is 1. The third-order valence-corrected chi connectivity index (χ3v) is 24.2. The van der Waals surface area contributed by atoms with Crippen LogP contribution in [0.25, 0.3) is 54.5 Å². The predicted octanol–water partition coefficient (Wildman–Crippen LogP) is 7.37. The number of H-pyrrole nitrogens is 5. The Labute approximate surface area is 572 Å². The molecule has 5 saturated heterocycles. The summed E-state index contributed by atoms with van der Waals surface area (Å²) >= 11 is 12.3. The Morgan fingerprint density at radius 1 is 0.433 bits per heavy atom. The minimum Gasteiger partial charge on any atom is -0.369 e. The molecule has 5 aliphatic heterocycles. The number of sulfonamides is 4. The first-order valence-electron chi connectivity index (χ1n) is 31.7. The van der Waals surface area contributed by atoms with Crippen LogP contribution in [0.4, 0.5) is 21.5 Å². The molecule has 520 valence electrons. The molecule has 5 aliphatic rings. The lowest BCUT2D eigenvalue weighted by molar-refractivity contribution is -0.129. The van der Waals surface area contributed by atoms with Gasteiger partial charge in [-0.15, -0.1) is 0 Å². The third kappa shape index (κ3) is 17.3. The van der Waals surface area contributed by atoms with Crippen LogP contribution in [0.5, 0.6) is 0 Å². The molecule has 0 bridgehead atoms. The highest BCUT2D eigenvalue weighted by atomic mass is 35.5. The average Bonchev–Trinajstić information content (AvgIpc) is 1.70. The fraction of sp³-hybridized carbons (Fsp3) is 0.429. The first-order valence-corrected chi connectivity index (χ1v) is 39.8. The van der Waals surface area contributed by atoms with E-state index in [1.165, 1.54) is 57.0 Å². The topological polar surface area (TPSA) is 323 Å². The molecule has 0 atom stereocenters. The molecule has 0 aliphatic carbocycles. The van der Waals surface area contributed by atoms with Crippen LogP contribution in [-0.4, -0.2) is 242 Å². The number of aromatic nitrogens is 10. The van der Waals surface area contributed by atoms with Crippen LogP contribution >= 0.6 is 23.2 Å². The van der Waals surface area contributed by atoms with E-state index in [1.54, 1.807) is 34.1 Å². The highest BCUT2D eigenvalue weighted by molar-refractivity contribution is 7.89. The van der Waals surface area contributed by atoms with E-state index in [1.807, 2.05) is 58.6 Å². The van der Waals surface area contributed by atoms with Crippen molar-refractivity contribution in [2.75, 3.05) is 144 Å². The van der Waals surface area contributed by atoms with Crippen LogP contribution in [0.2, 0.25) is 10.0 Å². The molecule has 5 aromatic carbocycles. The molecule has 5 fully saturated rings. The number of piperazine rings is 3. The molecule has 5 aromatic heterocycles. The lowest BCUT2D eigenvalue weighted by Crippen LogP contribution is -2.48. The molecule has 10 aromatic rings. The zero-order valence-electron chi connectivity index (χ0n) is 54.4. The molecule has 15 rings (SSSR count). The second-order valence-corrected chi connectivity index (χ2v) is 33.6. The van der Waals surface area contributed by atoms with Crippen LogP contribution in [-0.2, 0) is 44.9 Å². The largest absolute Gasteiger partial charge is 0.369 e. The Kier molecular flexibility index (Phi) is 21.8. The molecule has 0 saturated carbocycles. The van der Waals surface area contributed by atoms with Gasteiger partial charge in [0.05, 0.1) is 94.3 Å². The number of rotatable bonds is 9. The maximum Gasteiger partial charge on any atom is 0.219 e. The van der Waals surface area contributed by atoms with Crippen molar-refractivity contribution in [3.05, 3.63) is 131 Å². The zero-order chi connectivity index (χ0) is 69.0. The lowest BCUT2D eigenvalue weighted by atomic mass is 9.88. The maximum atomic E-state index is 13.6. The fourth-order valence-corrected chi connectivity index (χ4v) is 16.9. The van der Waals surface area contributed by atoms with Gasteiger partial charge in [0.2, 0.25) is 46.0 Å². The summed E-state index contributed by atoms with van der Waals surface area (Å²) in [6, 6.07) is 23.0. The summed E-state index contributed by atoms with van der Waals surface area (Å²) in [5.74, 6) is 0.513. The molecule has 0 spiro atoms. The van der Waals surface area contributed by atoms with Crippen molar-refractivity contribution in [3.8, 4) is 0 Å². The summed E-state index contributed by atoms with van der Waals surface area (Å²) in [5.41, 5.74) is 9.93. The van der Waals surface area contributed by atoms with Crippen LogP contribution in [0.1, 0.15) is 55.6 Å². The number of piperidine rings is 2. The Morgan fingerprint density at radius 3 is 1.34 bits per heavy atom. The van der Waals surface area contributed by atoms with E-state index >= 15 is 0 Å². The molecule has 5 N–H and O–H groups in total. The monoisotopic (exact) mass is 1450 g/mol. The molecule has 97 heavy (non-hydrogen) atoms. The number of aromatic amines is 5. The minimum absolute atomic E-state index is 0.167. The van der Waals surface area contributed by atoms with Crippen molar-refractivity contribution in [1.82, 2.24) is 73.1 Å². The molecule has 0 radical (unpaired) electrons. The number of halogens is 3.